The second kappa shape index (κ2) is 27.7. The molecular formula is C52H69N4O13P. The Morgan fingerprint density at radius 2 is 1.01 bits per heavy atom. The first kappa shape index (κ1) is 54.6. The lowest BCUT2D eigenvalue weighted by atomic mass is 9.94. The van der Waals surface area contributed by atoms with Crippen LogP contribution >= 0.6 is 7.37 Å². The maximum absolute atomic E-state index is 13.0. The Bertz CT molecular complexity index is 2390. The molecule has 0 unspecified atom stereocenters. The van der Waals surface area contributed by atoms with E-state index in [0.717, 1.165) is 96.5 Å². The van der Waals surface area contributed by atoms with Crippen LogP contribution in [-0.4, -0.2) is 126 Å². The number of fused-ring (bicyclic) bond motifs is 2. The first-order chi connectivity index (χ1) is 33.6. The molecule has 2 fully saturated rings. The number of likely N-dealkylation sites (tertiary alicyclic amines) is 2. The Kier molecular flexibility index (Phi) is 21.6. The number of benzene rings is 2. The van der Waals surface area contributed by atoms with Gasteiger partial charge in [-0.05, 0) is 125 Å². The molecule has 380 valence electrons. The van der Waals surface area contributed by atoms with E-state index in [1.54, 1.807) is 35.8 Å². The number of ether oxygens (including phenoxy) is 2. The smallest absolute Gasteiger partial charge is 0.342 e. The molecule has 4 aliphatic heterocycles. The summed E-state index contributed by atoms with van der Waals surface area (Å²) in [5, 5.41) is 39.8. The van der Waals surface area contributed by atoms with E-state index in [0.29, 0.717) is 46.5 Å². The van der Waals surface area contributed by atoms with Crippen LogP contribution in [0.25, 0.3) is 0 Å². The van der Waals surface area contributed by atoms with E-state index in [-0.39, 0.29) is 85.2 Å². The fourth-order valence-electron chi connectivity index (χ4n) is 8.13. The fraction of sp³-hybridized carbons (Fsp3) is 0.500. The predicted molar refractivity (Wildman–Crippen MR) is 267 cm³/mol. The van der Waals surface area contributed by atoms with Gasteiger partial charge in [-0.15, -0.1) is 0 Å². The average Bonchev–Trinajstić information content (AvgIpc) is 3.32. The maximum Gasteiger partial charge on any atom is 0.342 e. The Hall–Kier alpha value is -6.35. The summed E-state index contributed by atoms with van der Waals surface area (Å²) in [6.07, 6.45) is 26.1. The molecule has 0 aromatic heterocycles. The first-order valence-corrected chi connectivity index (χ1v) is 26.7. The van der Waals surface area contributed by atoms with Gasteiger partial charge in [0.15, 0.2) is 13.2 Å². The zero-order valence-electron chi connectivity index (χ0n) is 41.0. The second-order valence-corrected chi connectivity index (χ2v) is 20.5. The van der Waals surface area contributed by atoms with Gasteiger partial charge in [-0.2, -0.15) is 0 Å². The van der Waals surface area contributed by atoms with Crippen molar-refractivity contribution in [3.8, 4) is 23.0 Å². The van der Waals surface area contributed by atoms with Crippen molar-refractivity contribution in [2.45, 2.75) is 104 Å². The number of phenolic OH excluding ortho intramolecular Hbond substituents is 3. The standard InChI is InChI=1S/C27H37N2O7P.C25H32N2O6/c1-20-22-17-21(28-35-19-25(31)29-14-10-8-11-15-29)13-9-6-4-5-7-12-16-34-27(32)26(22)23(30)18-24(20)36-37(2,3)33;1-18-20-15-19(26-33-17-23(30)27-12-8-6-9-13-27)11-7-4-2-3-5-10-14-32-25(31)24(20)22(29)16-21(18)28/h5,7,9,13,18,30H,4,6,8,10-12,14-17,19H2,1-3H3;3,5,7,11,16,28-29H,2,4,6,8-10,12-15,17H2,1H3/b7-5+,13-9+,28-21?;5-3+,11-7+,26-19?. The molecule has 0 radical (unpaired) electrons. The summed E-state index contributed by atoms with van der Waals surface area (Å²) in [6.45, 7) is 9.26. The summed E-state index contributed by atoms with van der Waals surface area (Å²) in [7, 11) is -2.95. The van der Waals surface area contributed by atoms with Gasteiger partial charge in [0.1, 0.15) is 34.1 Å². The number of esters is 2. The van der Waals surface area contributed by atoms with Crippen molar-refractivity contribution in [1.29, 1.82) is 0 Å². The Labute approximate surface area is 411 Å². The number of cyclic esters (lactones) is 2. The molecule has 2 amide bonds. The summed E-state index contributed by atoms with van der Waals surface area (Å²) in [6, 6.07) is 2.43. The van der Waals surface area contributed by atoms with Crippen molar-refractivity contribution < 1.29 is 62.7 Å². The largest absolute Gasteiger partial charge is 0.508 e. The molecule has 18 heteroatoms. The highest BCUT2D eigenvalue weighted by Crippen LogP contribution is 2.44. The quantitative estimate of drug-likeness (QED) is 0.0975. The molecule has 2 aromatic rings. The number of carbonyl (C=O) groups excluding carboxylic acids is 4. The van der Waals surface area contributed by atoms with Gasteiger partial charge in [-0.1, -0.05) is 46.8 Å². The van der Waals surface area contributed by atoms with Crippen LogP contribution in [0.5, 0.6) is 23.0 Å². The van der Waals surface area contributed by atoms with Gasteiger partial charge in [-0.25, -0.2) is 9.59 Å². The third-order valence-corrected chi connectivity index (χ3v) is 12.5. The van der Waals surface area contributed by atoms with Gasteiger partial charge < -0.3 is 48.8 Å². The Balaban J connectivity index is 0.000000262. The van der Waals surface area contributed by atoms with Crippen molar-refractivity contribution in [3.63, 3.8) is 0 Å². The highest BCUT2D eigenvalue weighted by Gasteiger charge is 2.27. The van der Waals surface area contributed by atoms with Gasteiger partial charge in [0, 0.05) is 64.5 Å². The van der Waals surface area contributed by atoms with Crippen LogP contribution in [0.2, 0.25) is 0 Å². The number of aromatic hydroxyl groups is 3. The molecule has 0 saturated carbocycles. The molecule has 70 heavy (non-hydrogen) atoms. The summed E-state index contributed by atoms with van der Waals surface area (Å²) in [4.78, 5) is 65.0. The van der Waals surface area contributed by atoms with Crippen LogP contribution in [0.15, 0.2) is 71.1 Å². The highest BCUT2D eigenvalue weighted by molar-refractivity contribution is 7.57. The molecule has 0 bridgehead atoms. The van der Waals surface area contributed by atoms with Crippen LogP contribution in [0.4, 0.5) is 0 Å². The monoisotopic (exact) mass is 988 g/mol. The van der Waals surface area contributed by atoms with Crippen molar-refractivity contribution in [3.05, 3.63) is 94.1 Å². The predicted octanol–water partition coefficient (Wildman–Crippen LogP) is 8.78. The fourth-order valence-corrected chi connectivity index (χ4v) is 8.79. The van der Waals surface area contributed by atoms with E-state index in [1.165, 1.54) is 19.4 Å². The number of amides is 2. The zero-order valence-corrected chi connectivity index (χ0v) is 41.9. The van der Waals surface area contributed by atoms with Crippen LogP contribution in [-0.2, 0) is 46.1 Å². The SMILES string of the molecule is Cc1c(O)cc(O)c2c1CC(=NOCC(=O)N1CCCCC1)/C=C/CC/C=C/CCOC2=O.Cc1c(OP(C)(C)=O)cc(O)c2c1CC(=NOCC(=O)N1CCCCC1)/C=C/CC/C=C/CCOC2=O. The summed E-state index contributed by atoms with van der Waals surface area (Å²) in [5.41, 5.74) is 2.72. The second-order valence-electron chi connectivity index (χ2n) is 17.8. The Morgan fingerprint density at radius 3 is 1.47 bits per heavy atom. The number of oxime groups is 2. The molecular weight excluding hydrogens is 920 g/mol. The van der Waals surface area contributed by atoms with Crippen molar-refractivity contribution in [2.24, 2.45) is 10.3 Å². The highest BCUT2D eigenvalue weighted by atomic mass is 31.2. The van der Waals surface area contributed by atoms with E-state index in [9.17, 15) is 39.1 Å². The molecule has 0 aliphatic carbocycles. The lowest BCUT2D eigenvalue weighted by Crippen LogP contribution is -2.37. The molecule has 0 atom stereocenters. The number of carbonyl (C=O) groups is 4. The van der Waals surface area contributed by atoms with Gasteiger partial charge in [-0.3, -0.25) is 14.2 Å². The number of hydrogen-bond donors (Lipinski definition) is 3. The first-order valence-electron chi connectivity index (χ1n) is 24.2. The minimum atomic E-state index is -2.95. The normalized spacial score (nSPS) is 20.6. The number of allylic oxidation sites excluding steroid dienone is 6. The Morgan fingerprint density at radius 1 is 0.600 bits per heavy atom. The third kappa shape index (κ3) is 17.3. The van der Waals surface area contributed by atoms with Crippen LogP contribution in [0.3, 0.4) is 0 Å². The molecule has 4 heterocycles. The summed E-state index contributed by atoms with van der Waals surface area (Å²) in [5.74, 6) is -2.17. The topological polar surface area (TPSA) is 223 Å². The van der Waals surface area contributed by atoms with Gasteiger partial charge in [0.2, 0.25) is 7.37 Å². The van der Waals surface area contributed by atoms with Crippen LogP contribution in [0, 0.1) is 13.8 Å². The molecule has 4 aliphatic rings. The number of rotatable bonds is 8. The van der Waals surface area contributed by atoms with Crippen LogP contribution < -0.4 is 4.52 Å². The molecule has 17 nitrogen and oxygen atoms in total. The van der Waals surface area contributed by atoms with Gasteiger partial charge in [0.05, 0.1) is 24.6 Å². The average molecular weight is 989 g/mol. The molecule has 6 rings (SSSR count). The molecule has 2 aromatic carbocycles. The van der Waals surface area contributed by atoms with Gasteiger partial charge >= 0.3 is 11.9 Å². The van der Waals surface area contributed by atoms with E-state index in [2.05, 4.69) is 10.3 Å². The van der Waals surface area contributed by atoms with E-state index >= 15 is 0 Å². The van der Waals surface area contributed by atoms with E-state index in [1.807, 2.05) is 36.5 Å². The number of phenols is 3. The molecule has 2 saturated heterocycles. The summed E-state index contributed by atoms with van der Waals surface area (Å²) >= 11 is 0. The third-order valence-electron chi connectivity index (χ3n) is 11.9. The van der Waals surface area contributed by atoms with Crippen LogP contribution in [0.1, 0.15) is 120 Å². The van der Waals surface area contributed by atoms with E-state index in [4.69, 9.17) is 23.7 Å². The van der Waals surface area contributed by atoms with Crippen molar-refractivity contribution in [2.75, 3.05) is 65.9 Å². The minimum Gasteiger partial charge on any atom is -0.508 e. The lowest BCUT2D eigenvalue weighted by molar-refractivity contribution is -0.137. The summed E-state index contributed by atoms with van der Waals surface area (Å²) < 4.78 is 28.8. The number of hydrogen-bond acceptors (Lipinski definition) is 15. The molecule has 0 spiro atoms. The van der Waals surface area contributed by atoms with Gasteiger partial charge in [0.25, 0.3) is 11.8 Å². The number of piperidine rings is 2. The zero-order chi connectivity index (χ0) is 50.5. The molecule has 3 N–H and O–H groups in total. The van der Waals surface area contributed by atoms with Crippen molar-refractivity contribution in [1.82, 2.24) is 9.80 Å². The maximum atomic E-state index is 13.0. The lowest BCUT2D eigenvalue weighted by Gasteiger charge is -2.26. The number of nitrogens with zero attached hydrogens (tertiary/aromatic N) is 4. The van der Waals surface area contributed by atoms with E-state index < -0.39 is 19.3 Å². The minimum absolute atomic E-state index is 0.00146. The van der Waals surface area contributed by atoms with Crippen molar-refractivity contribution >= 4 is 42.5 Å².